The van der Waals surface area contributed by atoms with Crippen LogP contribution in [0.4, 0.5) is 0 Å². The van der Waals surface area contributed by atoms with E-state index in [1.165, 1.54) is 21.2 Å². The van der Waals surface area contributed by atoms with Crippen LogP contribution in [0.1, 0.15) is 16.7 Å². The van der Waals surface area contributed by atoms with Crippen molar-refractivity contribution in [3.63, 3.8) is 0 Å². The van der Waals surface area contributed by atoms with E-state index in [-0.39, 0.29) is 0 Å². The highest BCUT2D eigenvalue weighted by Gasteiger charge is 2.10. The summed E-state index contributed by atoms with van der Waals surface area (Å²) in [4.78, 5) is 0. The Hall–Kier alpha value is -1.12. The van der Waals surface area contributed by atoms with Gasteiger partial charge in [-0.3, -0.25) is 0 Å². The van der Waals surface area contributed by atoms with Gasteiger partial charge in [0, 0.05) is 10.5 Å². The lowest BCUT2D eigenvalue weighted by Crippen LogP contribution is -2.30. The summed E-state index contributed by atoms with van der Waals surface area (Å²) in [5.74, 6) is 0. The monoisotopic (exact) mass is 317 g/mol. The van der Waals surface area contributed by atoms with Crippen LogP contribution < -0.4 is 5.32 Å². The van der Waals surface area contributed by atoms with E-state index in [0.717, 1.165) is 12.8 Å². The van der Waals surface area contributed by atoms with Crippen LogP contribution in [0.25, 0.3) is 0 Å². The maximum Gasteiger partial charge on any atom is 0.0207 e. The van der Waals surface area contributed by atoms with Gasteiger partial charge in [0.05, 0.1) is 0 Å². The normalized spacial score (nSPS) is 12.4. The number of halogens is 1. The molecule has 0 spiro atoms. The largest absolute Gasteiger partial charge is 0.316 e. The first-order valence-corrected chi connectivity index (χ1v) is 7.44. The summed E-state index contributed by atoms with van der Waals surface area (Å²) < 4.78 is 1.19. The third-order valence-corrected chi connectivity index (χ3v) is 4.21. The Morgan fingerprint density at radius 1 is 1.00 bits per heavy atom. The van der Waals surface area contributed by atoms with Gasteiger partial charge in [-0.05, 0) is 44.0 Å². The van der Waals surface area contributed by atoms with Crippen LogP contribution in [0.2, 0.25) is 0 Å². The van der Waals surface area contributed by atoms with Gasteiger partial charge in [-0.1, -0.05) is 64.0 Å². The standard InChI is InChI=1S/C17H20BrN/c1-13-7-9-14(10-8-13)11-16(19-2)12-15-5-3-4-6-17(15)18/h3-10,16,19H,11-12H2,1-2H3. The maximum atomic E-state index is 3.62. The zero-order valence-corrected chi connectivity index (χ0v) is 13.1. The second-order valence-corrected chi connectivity index (χ2v) is 5.83. The molecule has 0 fully saturated rings. The highest BCUT2D eigenvalue weighted by molar-refractivity contribution is 9.10. The molecule has 19 heavy (non-hydrogen) atoms. The minimum absolute atomic E-state index is 0.460. The molecule has 0 aliphatic carbocycles. The van der Waals surface area contributed by atoms with Crippen molar-refractivity contribution in [2.75, 3.05) is 7.05 Å². The van der Waals surface area contributed by atoms with Crippen molar-refractivity contribution in [3.8, 4) is 0 Å². The third-order valence-electron chi connectivity index (χ3n) is 3.44. The van der Waals surface area contributed by atoms with E-state index in [1.54, 1.807) is 0 Å². The van der Waals surface area contributed by atoms with Crippen molar-refractivity contribution in [1.29, 1.82) is 0 Å². The first-order chi connectivity index (χ1) is 9.19. The predicted octanol–water partition coefficient (Wildman–Crippen LogP) is 4.13. The summed E-state index contributed by atoms with van der Waals surface area (Å²) in [5.41, 5.74) is 4.06. The Labute approximate surface area is 124 Å². The molecule has 0 amide bonds. The average molecular weight is 318 g/mol. The molecule has 0 radical (unpaired) electrons. The van der Waals surface area contributed by atoms with Crippen molar-refractivity contribution in [3.05, 3.63) is 69.7 Å². The highest BCUT2D eigenvalue weighted by Crippen LogP contribution is 2.18. The van der Waals surface area contributed by atoms with E-state index in [0.29, 0.717) is 6.04 Å². The van der Waals surface area contributed by atoms with Gasteiger partial charge in [0.1, 0.15) is 0 Å². The van der Waals surface area contributed by atoms with Gasteiger partial charge < -0.3 is 5.32 Å². The molecule has 1 nitrogen and oxygen atoms in total. The lowest BCUT2D eigenvalue weighted by Gasteiger charge is -2.17. The molecule has 0 aromatic heterocycles. The molecule has 1 N–H and O–H groups in total. The van der Waals surface area contributed by atoms with Crippen molar-refractivity contribution in [2.45, 2.75) is 25.8 Å². The first-order valence-electron chi connectivity index (χ1n) is 6.65. The van der Waals surface area contributed by atoms with Crippen LogP contribution in [0, 0.1) is 6.92 Å². The number of hydrogen-bond acceptors (Lipinski definition) is 1. The molecule has 2 heteroatoms. The van der Waals surface area contributed by atoms with E-state index in [9.17, 15) is 0 Å². The molecule has 100 valence electrons. The molecule has 2 aromatic rings. The van der Waals surface area contributed by atoms with E-state index in [2.05, 4.69) is 76.7 Å². The van der Waals surface area contributed by atoms with Crippen LogP contribution >= 0.6 is 15.9 Å². The van der Waals surface area contributed by atoms with E-state index < -0.39 is 0 Å². The number of rotatable bonds is 5. The quantitative estimate of drug-likeness (QED) is 0.874. The average Bonchev–Trinajstić information content (AvgIpc) is 2.43. The summed E-state index contributed by atoms with van der Waals surface area (Å²) in [6.45, 7) is 2.13. The zero-order valence-electron chi connectivity index (χ0n) is 11.5. The van der Waals surface area contributed by atoms with Gasteiger partial charge in [-0.2, -0.15) is 0 Å². The zero-order chi connectivity index (χ0) is 13.7. The molecule has 0 saturated heterocycles. The van der Waals surface area contributed by atoms with Gasteiger partial charge in [-0.25, -0.2) is 0 Å². The Bertz CT molecular complexity index is 519. The van der Waals surface area contributed by atoms with Gasteiger partial charge in [-0.15, -0.1) is 0 Å². The summed E-state index contributed by atoms with van der Waals surface area (Å²) in [7, 11) is 2.04. The number of hydrogen-bond donors (Lipinski definition) is 1. The fourth-order valence-electron chi connectivity index (χ4n) is 2.21. The molecular formula is C17H20BrN. The third kappa shape index (κ3) is 4.19. The Kier molecular flexibility index (Phi) is 5.17. The van der Waals surface area contributed by atoms with Crippen molar-refractivity contribution < 1.29 is 0 Å². The fourth-order valence-corrected chi connectivity index (χ4v) is 2.66. The second-order valence-electron chi connectivity index (χ2n) is 4.97. The molecule has 2 aromatic carbocycles. The van der Waals surface area contributed by atoms with Crippen LogP contribution in [0.15, 0.2) is 53.0 Å². The minimum Gasteiger partial charge on any atom is -0.316 e. The van der Waals surface area contributed by atoms with Crippen LogP contribution in [-0.2, 0) is 12.8 Å². The first kappa shape index (κ1) is 14.3. The smallest absolute Gasteiger partial charge is 0.0207 e. The van der Waals surface area contributed by atoms with Crippen molar-refractivity contribution >= 4 is 15.9 Å². The number of aryl methyl sites for hydroxylation is 1. The fraction of sp³-hybridized carbons (Fsp3) is 0.294. The van der Waals surface area contributed by atoms with Crippen LogP contribution in [-0.4, -0.2) is 13.1 Å². The predicted molar refractivity (Wildman–Crippen MR) is 85.6 cm³/mol. The Morgan fingerprint density at radius 3 is 2.32 bits per heavy atom. The summed E-state index contributed by atoms with van der Waals surface area (Å²) in [5, 5.41) is 3.42. The van der Waals surface area contributed by atoms with Gasteiger partial charge in [0.15, 0.2) is 0 Å². The highest BCUT2D eigenvalue weighted by atomic mass is 79.9. The molecule has 0 aliphatic heterocycles. The van der Waals surface area contributed by atoms with Crippen molar-refractivity contribution in [2.24, 2.45) is 0 Å². The minimum atomic E-state index is 0.460. The van der Waals surface area contributed by atoms with E-state index in [1.807, 2.05) is 7.05 Å². The van der Waals surface area contributed by atoms with Gasteiger partial charge in [0.25, 0.3) is 0 Å². The SMILES string of the molecule is CNC(Cc1ccc(C)cc1)Cc1ccccc1Br. The molecule has 0 aliphatic rings. The molecule has 0 heterocycles. The second kappa shape index (κ2) is 6.88. The molecular weight excluding hydrogens is 298 g/mol. The topological polar surface area (TPSA) is 12.0 Å². The maximum absolute atomic E-state index is 3.62. The van der Waals surface area contributed by atoms with Crippen LogP contribution in [0.5, 0.6) is 0 Å². The Balaban J connectivity index is 2.05. The van der Waals surface area contributed by atoms with Crippen LogP contribution in [0.3, 0.4) is 0 Å². The van der Waals surface area contributed by atoms with Crippen molar-refractivity contribution in [1.82, 2.24) is 5.32 Å². The summed E-state index contributed by atoms with van der Waals surface area (Å²) >= 11 is 3.62. The van der Waals surface area contributed by atoms with E-state index in [4.69, 9.17) is 0 Å². The Morgan fingerprint density at radius 2 is 1.68 bits per heavy atom. The lowest BCUT2D eigenvalue weighted by molar-refractivity contribution is 0.555. The van der Waals surface area contributed by atoms with Gasteiger partial charge in [0.2, 0.25) is 0 Å². The molecule has 0 saturated carbocycles. The number of likely N-dealkylation sites (N-methyl/N-ethyl adjacent to an activating group) is 1. The molecule has 1 atom stereocenters. The number of nitrogens with one attached hydrogen (secondary N) is 1. The summed E-state index contributed by atoms with van der Waals surface area (Å²) in [6, 6.07) is 17.7. The summed E-state index contributed by atoms with van der Waals surface area (Å²) in [6.07, 6.45) is 2.09. The van der Waals surface area contributed by atoms with E-state index >= 15 is 0 Å². The molecule has 2 rings (SSSR count). The molecule has 0 bridgehead atoms. The molecule has 1 unspecified atom stereocenters. The number of benzene rings is 2. The lowest BCUT2D eigenvalue weighted by atomic mass is 9.98. The van der Waals surface area contributed by atoms with Gasteiger partial charge >= 0.3 is 0 Å².